The van der Waals surface area contributed by atoms with E-state index in [0.717, 1.165) is 32.5 Å². The summed E-state index contributed by atoms with van der Waals surface area (Å²) in [7, 11) is 0. The number of piperidine rings is 1. The standard InChI is InChI=1S/C14H19Cl2N3O/c1-2-19-7-5-10(6-8-19)9-17-14(20)13-11(15)3-4-12(16)18-13/h3-4,10H,2,5-9H2,1H3,(H,17,20). The molecule has 1 saturated heterocycles. The van der Waals surface area contributed by atoms with Crippen molar-refractivity contribution in [3.63, 3.8) is 0 Å². The number of likely N-dealkylation sites (tertiary alicyclic amines) is 1. The lowest BCUT2D eigenvalue weighted by Gasteiger charge is -2.31. The van der Waals surface area contributed by atoms with Gasteiger partial charge in [0.05, 0.1) is 5.02 Å². The summed E-state index contributed by atoms with van der Waals surface area (Å²) in [6, 6.07) is 3.16. The zero-order valence-corrected chi connectivity index (χ0v) is 13.0. The summed E-state index contributed by atoms with van der Waals surface area (Å²) in [5.74, 6) is 0.273. The third kappa shape index (κ3) is 4.08. The van der Waals surface area contributed by atoms with Crippen LogP contribution in [0.25, 0.3) is 0 Å². The molecule has 1 fully saturated rings. The summed E-state index contributed by atoms with van der Waals surface area (Å²) in [5.41, 5.74) is 0.199. The monoisotopic (exact) mass is 315 g/mol. The van der Waals surface area contributed by atoms with E-state index in [2.05, 4.69) is 22.1 Å². The maximum Gasteiger partial charge on any atom is 0.271 e. The minimum atomic E-state index is -0.254. The van der Waals surface area contributed by atoms with Crippen molar-refractivity contribution in [1.29, 1.82) is 0 Å². The molecule has 0 spiro atoms. The highest BCUT2D eigenvalue weighted by Gasteiger charge is 2.20. The number of carbonyl (C=O) groups excluding carboxylic acids is 1. The van der Waals surface area contributed by atoms with Gasteiger partial charge < -0.3 is 10.2 Å². The molecule has 0 atom stereocenters. The molecule has 110 valence electrons. The molecule has 1 aliphatic heterocycles. The van der Waals surface area contributed by atoms with Crippen LogP contribution in [0.2, 0.25) is 10.2 Å². The number of nitrogens with zero attached hydrogens (tertiary/aromatic N) is 2. The van der Waals surface area contributed by atoms with Gasteiger partial charge >= 0.3 is 0 Å². The molecule has 0 unspecified atom stereocenters. The first-order valence-corrected chi connectivity index (χ1v) is 7.68. The third-order valence-electron chi connectivity index (χ3n) is 3.73. The lowest BCUT2D eigenvalue weighted by molar-refractivity contribution is 0.0932. The minimum Gasteiger partial charge on any atom is -0.350 e. The van der Waals surface area contributed by atoms with Crippen molar-refractivity contribution in [2.24, 2.45) is 5.92 Å². The smallest absolute Gasteiger partial charge is 0.271 e. The Bertz CT molecular complexity index is 473. The fraction of sp³-hybridized carbons (Fsp3) is 0.571. The SMILES string of the molecule is CCN1CCC(CNC(=O)c2nc(Cl)ccc2Cl)CC1. The summed E-state index contributed by atoms with van der Waals surface area (Å²) in [6.07, 6.45) is 2.23. The van der Waals surface area contributed by atoms with Gasteiger partial charge in [-0.2, -0.15) is 0 Å². The Hall–Kier alpha value is -0.840. The molecule has 6 heteroatoms. The quantitative estimate of drug-likeness (QED) is 0.869. The van der Waals surface area contributed by atoms with Gasteiger partial charge in [-0.1, -0.05) is 30.1 Å². The molecule has 0 bridgehead atoms. The fourth-order valence-electron chi connectivity index (χ4n) is 2.41. The number of hydrogen-bond acceptors (Lipinski definition) is 3. The Kier molecular flexibility index (Phi) is 5.64. The molecule has 1 aliphatic rings. The van der Waals surface area contributed by atoms with Crippen LogP contribution in [0.3, 0.4) is 0 Å². The van der Waals surface area contributed by atoms with Gasteiger partial charge in [-0.25, -0.2) is 4.98 Å². The van der Waals surface area contributed by atoms with Crippen molar-refractivity contribution < 1.29 is 4.79 Å². The van der Waals surface area contributed by atoms with E-state index in [4.69, 9.17) is 23.2 Å². The summed E-state index contributed by atoms with van der Waals surface area (Å²) >= 11 is 11.7. The summed E-state index contributed by atoms with van der Waals surface area (Å²) in [5, 5.41) is 3.51. The van der Waals surface area contributed by atoms with Crippen molar-refractivity contribution >= 4 is 29.1 Å². The molecule has 0 aliphatic carbocycles. The van der Waals surface area contributed by atoms with Crippen LogP contribution in [0.1, 0.15) is 30.3 Å². The molecular formula is C14H19Cl2N3O. The van der Waals surface area contributed by atoms with Crippen molar-refractivity contribution in [1.82, 2.24) is 15.2 Å². The average molecular weight is 316 g/mol. The number of amides is 1. The third-order valence-corrected chi connectivity index (χ3v) is 4.25. The molecule has 0 saturated carbocycles. The van der Waals surface area contributed by atoms with E-state index in [1.165, 1.54) is 0 Å². The zero-order valence-electron chi connectivity index (χ0n) is 11.5. The van der Waals surface area contributed by atoms with E-state index in [0.29, 0.717) is 17.5 Å². The van der Waals surface area contributed by atoms with E-state index >= 15 is 0 Å². The fourth-order valence-corrected chi connectivity index (χ4v) is 2.74. The molecule has 0 radical (unpaired) electrons. The van der Waals surface area contributed by atoms with Crippen LogP contribution in [-0.4, -0.2) is 42.0 Å². The molecule has 1 N–H and O–H groups in total. The first kappa shape index (κ1) is 15.5. The lowest BCUT2D eigenvalue weighted by atomic mass is 9.97. The Labute approximate surface area is 129 Å². The van der Waals surface area contributed by atoms with Crippen LogP contribution in [0, 0.1) is 5.92 Å². The molecule has 1 aromatic heterocycles. The van der Waals surface area contributed by atoms with Gasteiger partial charge in [0.25, 0.3) is 5.91 Å². The second kappa shape index (κ2) is 7.25. The first-order valence-electron chi connectivity index (χ1n) is 6.92. The van der Waals surface area contributed by atoms with Crippen LogP contribution in [-0.2, 0) is 0 Å². The lowest BCUT2D eigenvalue weighted by Crippen LogP contribution is -2.38. The van der Waals surface area contributed by atoms with Gasteiger partial charge in [0.15, 0.2) is 0 Å². The van der Waals surface area contributed by atoms with Crippen molar-refractivity contribution in [3.05, 3.63) is 28.0 Å². The molecule has 2 rings (SSSR count). The molecule has 1 aromatic rings. The van der Waals surface area contributed by atoms with Crippen molar-refractivity contribution in [2.75, 3.05) is 26.2 Å². The predicted octanol–water partition coefficient (Wildman–Crippen LogP) is 2.85. The van der Waals surface area contributed by atoms with Crippen LogP contribution in [0.5, 0.6) is 0 Å². The van der Waals surface area contributed by atoms with Crippen LogP contribution >= 0.6 is 23.2 Å². The summed E-state index contributed by atoms with van der Waals surface area (Å²) in [4.78, 5) is 18.5. The van der Waals surface area contributed by atoms with Crippen LogP contribution in [0.15, 0.2) is 12.1 Å². The topological polar surface area (TPSA) is 45.2 Å². The minimum absolute atomic E-state index is 0.199. The highest BCUT2D eigenvalue weighted by Crippen LogP contribution is 2.18. The molecule has 4 nitrogen and oxygen atoms in total. The number of rotatable bonds is 4. The van der Waals surface area contributed by atoms with Crippen molar-refractivity contribution in [2.45, 2.75) is 19.8 Å². The molecule has 0 aromatic carbocycles. The Morgan fingerprint density at radius 1 is 1.40 bits per heavy atom. The Balaban J connectivity index is 1.85. The Morgan fingerprint density at radius 3 is 2.75 bits per heavy atom. The van der Waals surface area contributed by atoms with E-state index in [-0.39, 0.29) is 16.8 Å². The van der Waals surface area contributed by atoms with E-state index in [1.54, 1.807) is 12.1 Å². The molecule has 20 heavy (non-hydrogen) atoms. The number of carbonyl (C=O) groups is 1. The number of pyridine rings is 1. The average Bonchev–Trinajstić information content (AvgIpc) is 2.47. The maximum atomic E-state index is 12.1. The number of nitrogens with one attached hydrogen (secondary N) is 1. The van der Waals surface area contributed by atoms with Crippen molar-refractivity contribution in [3.8, 4) is 0 Å². The maximum absolute atomic E-state index is 12.1. The van der Waals surface area contributed by atoms with Gasteiger partial charge in [-0.15, -0.1) is 0 Å². The van der Waals surface area contributed by atoms with Gasteiger partial charge in [-0.3, -0.25) is 4.79 Å². The molecule has 1 amide bonds. The van der Waals surface area contributed by atoms with Gasteiger partial charge in [0.1, 0.15) is 10.8 Å². The first-order chi connectivity index (χ1) is 9.60. The van der Waals surface area contributed by atoms with E-state index in [1.807, 2.05) is 0 Å². The van der Waals surface area contributed by atoms with Gasteiger partial charge in [0, 0.05) is 6.54 Å². The largest absolute Gasteiger partial charge is 0.350 e. The number of halogens is 2. The van der Waals surface area contributed by atoms with E-state index in [9.17, 15) is 4.79 Å². The normalized spacial score (nSPS) is 17.1. The number of aromatic nitrogens is 1. The van der Waals surface area contributed by atoms with Crippen LogP contribution < -0.4 is 5.32 Å². The zero-order chi connectivity index (χ0) is 14.5. The van der Waals surface area contributed by atoms with E-state index < -0.39 is 0 Å². The van der Waals surface area contributed by atoms with Crippen LogP contribution in [0.4, 0.5) is 0 Å². The summed E-state index contributed by atoms with van der Waals surface area (Å²) < 4.78 is 0. The highest BCUT2D eigenvalue weighted by atomic mass is 35.5. The van der Waals surface area contributed by atoms with Gasteiger partial charge in [0.2, 0.25) is 0 Å². The molecular weight excluding hydrogens is 297 g/mol. The molecule has 2 heterocycles. The Morgan fingerprint density at radius 2 is 2.10 bits per heavy atom. The summed E-state index contributed by atoms with van der Waals surface area (Å²) in [6.45, 7) is 6.15. The highest BCUT2D eigenvalue weighted by molar-refractivity contribution is 6.34. The second-order valence-corrected chi connectivity index (χ2v) is 5.85. The second-order valence-electron chi connectivity index (χ2n) is 5.05. The number of hydrogen-bond donors (Lipinski definition) is 1. The predicted molar refractivity (Wildman–Crippen MR) is 81.4 cm³/mol. The van der Waals surface area contributed by atoms with Gasteiger partial charge in [-0.05, 0) is 50.5 Å².